The molecule has 1 amide bonds. The minimum atomic E-state index is -1.31. The summed E-state index contributed by atoms with van der Waals surface area (Å²) >= 11 is 0. The van der Waals surface area contributed by atoms with Crippen molar-refractivity contribution < 1.29 is 18.5 Å². The average molecular weight is 357 g/mol. The number of hydrogen-bond acceptors (Lipinski definition) is 4. The first kappa shape index (κ1) is 17.4. The number of esters is 1. The minimum Gasteiger partial charge on any atom is -0.452 e. The maximum absolute atomic E-state index is 12.1. The van der Waals surface area contributed by atoms with Crippen molar-refractivity contribution in [2.45, 2.75) is 24.2 Å². The van der Waals surface area contributed by atoms with Crippen molar-refractivity contribution in [3.8, 4) is 0 Å². The molecular weight excluding hydrogens is 338 g/mol. The van der Waals surface area contributed by atoms with E-state index < -0.39 is 22.7 Å². The average Bonchev–Trinajstić information content (AvgIpc) is 3.07. The summed E-state index contributed by atoms with van der Waals surface area (Å²) < 4.78 is 16.7. The predicted molar refractivity (Wildman–Crippen MR) is 96.2 cm³/mol. The van der Waals surface area contributed by atoms with Crippen molar-refractivity contribution in [3.05, 3.63) is 59.2 Å². The zero-order valence-electron chi connectivity index (χ0n) is 13.9. The summed E-state index contributed by atoms with van der Waals surface area (Å²) in [5.41, 5.74) is 3.51. The quantitative estimate of drug-likeness (QED) is 0.835. The van der Waals surface area contributed by atoms with E-state index in [0.717, 1.165) is 19.3 Å². The van der Waals surface area contributed by atoms with E-state index in [-0.39, 0.29) is 12.2 Å². The van der Waals surface area contributed by atoms with E-state index in [1.165, 1.54) is 23.4 Å². The van der Waals surface area contributed by atoms with Gasteiger partial charge in [-0.25, -0.2) is 4.79 Å². The number of amides is 1. The summed E-state index contributed by atoms with van der Waals surface area (Å²) in [4.78, 5) is 24.6. The van der Waals surface area contributed by atoms with E-state index in [1.807, 2.05) is 18.2 Å². The molecular formula is C19H19NO4S. The molecule has 2 aromatic rings. The van der Waals surface area contributed by atoms with Crippen molar-refractivity contribution in [1.29, 1.82) is 0 Å². The number of fused-ring (bicyclic) bond motifs is 1. The fourth-order valence-corrected chi connectivity index (χ4v) is 3.67. The molecule has 0 aliphatic heterocycles. The van der Waals surface area contributed by atoms with Crippen molar-refractivity contribution >= 4 is 28.4 Å². The van der Waals surface area contributed by atoms with Gasteiger partial charge in [0.05, 0.1) is 21.3 Å². The molecule has 0 saturated carbocycles. The Labute approximate surface area is 148 Å². The van der Waals surface area contributed by atoms with Crippen LogP contribution in [0.25, 0.3) is 0 Å². The van der Waals surface area contributed by atoms with Crippen LogP contribution in [0.3, 0.4) is 0 Å². The maximum atomic E-state index is 12.1. The number of rotatable bonds is 5. The minimum absolute atomic E-state index is 0.216. The number of aryl methyl sites for hydroxylation is 2. The molecule has 0 saturated heterocycles. The molecule has 1 aliphatic rings. The van der Waals surface area contributed by atoms with Gasteiger partial charge in [0.25, 0.3) is 5.91 Å². The van der Waals surface area contributed by atoms with Gasteiger partial charge in [0.15, 0.2) is 6.61 Å². The van der Waals surface area contributed by atoms with Crippen LogP contribution in [0.15, 0.2) is 47.4 Å². The maximum Gasteiger partial charge on any atom is 0.339 e. The van der Waals surface area contributed by atoms with Gasteiger partial charge in [0.2, 0.25) is 0 Å². The van der Waals surface area contributed by atoms with Crippen LogP contribution >= 0.6 is 0 Å². The molecule has 0 heterocycles. The van der Waals surface area contributed by atoms with Crippen molar-refractivity contribution in [1.82, 2.24) is 0 Å². The van der Waals surface area contributed by atoms with Crippen molar-refractivity contribution in [2.24, 2.45) is 0 Å². The molecule has 130 valence electrons. The van der Waals surface area contributed by atoms with Crippen molar-refractivity contribution in [3.63, 3.8) is 0 Å². The zero-order chi connectivity index (χ0) is 17.8. The lowest BCUT2D eigenvalue weighted by molar-refractivity contribution is -0.119. The molecule has 1 aliphatic carbocycles. The van der Waals surface area contributed by atoms with Crippen LogP contribution in [0.5, 0.6) is 0 Å². The number of anilines is 1. The van der Waals surface area contributed by atoms with Crippen LogP contribution < -0.4 is 5.32 Å². The van der Waals surface area contributed by atoms with Crippen LogP contribution in [0.2, 0.25) is 0 Å². The molecule has 0 unspecified atom stereocenters. The summed E-state index contributed by atoms with van der Waals surface area (Å²) in [5, 5.41) is 2.74. The van der Waals surface area contributed by atoms with Gasteiger partial charge in [-0.1, -0.05) is 18.2 Å². The first-order valence-electron chi connectivity index (χ1n) is 8.06. The smallest absolute Gasteiger partial charge is 0.339 e. The highest BCUT2D eigenvalue weighted by Crippen LogP contribution is 2.24. The van der Waals surface area contributed by atoms with Gasteiger partial charge in [-0.05, 0) is 54.7 Å². The van der Waals surface area contributed by atoms with E-state index in [9.17, 15) is 13.8 Å². The summed E-state index contributed by atoms with van der Waals surface area (Å²) in [6.07, 6.45) is 4.74. The van der Waals surface area contributed by atoms with E-state index in [0.29, 0.717) is 10.6 Å². The highest BCUT2D eigenvalue weighted by molar-refractivity contribution is 7.84. The highest BCUT2D eigenvalue weighted by Gasteiger charge is 2.16. The number of benzene rings is 2. The Morgan fingerprint density at radius 3 is 2.68 bits per heavy atom. The molecule has 3 rings (SSSR count). The molecule has 1 N–H and O–H groups in total. The largest absolute Gasteiger partial charge is 0.452 e. The Morgan fingerprint density at radius 1 is 1.12 bits per heavy atom. The molecule has 0 spiro atoms. The standard InChI is InChI=1S/C19H19NO4S/c1-25(23)17-8-3-2-7-16(17)19(22)24-12-18(21)20-15-10-9-13-5-4-6-14(13)11-15/h2-3,7-11H,4-6,12H2,1H3,(H,20,21)/t25-/m0/s1. The Bertz CT molecular complexity index is 847. The summed E-state index contributed by atoms with van der Waals surface area (Å²) in [6.45, 7) is -0.388. The fourth-order valence-electron chi connectivity index (χ4n) is 2.94. The van der Waals surface area contributed by atoms with Gasteiger partial charge >= 0.3 is 5.97 Å². The van der Waals surface area contributed by atoms with Gasteiger partial charge < -0.3 is 10.1 Å². The van der Waals surface area contributed by atoms with E-state index in [2.05, 4.69) is 5.32 Å². The fraction of sp³-hybridized carbons (Fsp3) is 0.263. The van der Waals surface area contributed by atoms with Gasteiger partial charge in [-0.2, -0.15) is 0 Å². The zero-order valence-corrected chi connectivity index (χ0v) is 14.7. The Morgan fingerprint density at radius 2 is 1.88 bits per heavy atom. The molecule has 0 bridgehead atoms. The molecule has 6 heteroatoms. The Balaban J connectivity index is 1.59. The SMILES string of the molecule is C[S@](=O)c1ccccc1C(=O)OCC(=O)Nc1ccc2c(c1)CCC2. The van der Waals surface area contributed by atoms with Crippen molar-refractivity contribution in [2.75, 3.05) is 18.2 Å². The first-order valence-corrected chi connectivity index (χ1v) is 9.61. The number of carbonyl (C=O) groups excluding carboxylic acids is 2. The predicted octanol–water partition coefficient (Wildman–Crippen LogP) is 2.71. The Kier molecular flexibility index (Phi) is 5.28. The second-order valence-corrected chi connectivity index (χ2v) is 7.26. The molecule has 25 heavy (non-hydrogen) atoms. The third kappa shape index (κ3) is 4.14. The number of hydrogen-bond donors (Lipinski definition) is 1. The third-order valence-electron chi connectivity index (χ3n) is 4.13. The molecule has 0 aromatic heterocycles. The highest BCUT2D eigenvalue weighted by atomic mass is 32.2. The summed E-state index contributed by atoms with van der Waals surface area (Å²) in [5.74, 6) is -1.06. The molecule has 1 atom stereocenters. The van der Waals surface area contributed by atoms with Gasteiger partial charge in [0.1, 0.15) is 0 Å². The normalized spacial score (nSPS) is 13.8. The second-order valence-electron chi connectivity index (χ2n) is 5.91. The number of ether oxygens (including phenoxy) is 1. The number of nitrogens with one attached hydrogen (secondary N) is 1. The second kappa shape index (κ2) is 7.61. The van der Waals surface area contributed by atoms with Gasteiger partial charge in [-0.15, -0.1) is 0 Å². The van der Waals surface area contributed by atoms with Crippen LogP contribution in [-0.4, -0.2) is 28.9 Å². The monoisotopic (exact) mass is 357 g/mol. The van der Waals surface area contributed by atoms with E-state index in [4.69, 9.17) is 4.74 Å². The summed E-state index contributed by atoms with van der Waals surface area (Å²) in [6, 6.07) is 12.4. The van der Waals surface area contributed by atoms with Gasteiger partial charge in [-0.3, -0.25) is 9.00 Å². The molecule has 2 aromatic carbocycles. The molecule has 0 fully saturated rings. The van der Waals surface area contributed by atoms with Crippen LogP contribution in [0.4, 0.5) is 5.69 Å². The number of carbonyl (C=O) groups is 2. The van der Waals surface area contributed by atoms with E-state index in [1.54, 1.807) is 18.2 Å². The van der Waals surface area contributed by atoms with Crippen LogP contribution in [-0.2, 0) is 33.2 Å². The lowest BCUT2D eigenvalue weighted by atomic mass is 10.1. The lowest BCUT2D eigenvalue weighted by Gasteiger charge is -2.09. The molecule has 5 nitrogen and oxygen atoms in total. The Hall–Kier alpha value is -2.47. The van der Waals surface area contributed by atoms with E-state index >= 15 is 0 Å². The first-order chi connectivity index (χ1) is 12.0. The lowest BCUT2D eigenvalue weighted by Crippen LogP contribution is -2.21. The third-order valence-corrected chi connectivity index (χ3v) is 5.11. The van der Waals surface area contributed by atoms with Crippen LogP contribution in [0.1, 0.15) is 27.9 Å². The van der Waals surface area contributed by atoms with Gasteiger partial charge in [0, 0.05) is 11.9 Å². The summed E-state index contributed by atoms with van der Waals surface area (Å²) in [7, 11) is -1.31. The molecule has 0 radical (unpaired) electrons. The topological polar surface area (TPSA) is 72.5 Å². The van der Waals surface area contributed by atoms with Crippen LogP contribution in [0, 0.1) is 0 Å².